The molecule has 0 fully saturated rings. The normalized spacial score (nSPS) is 16.2. The Morgan fingerprint density at radius 3 is 1.38 bits per heavy atom. The summed E-state index contributed by atoms with van der Waals surface area (Å²) < 4.78 is 0. The van der Waals surface area contributed by atoms with Gasteiger partial charge in [-0.05, 0) is 31.7 Å². The van der Waals surface area contributed by atoms with E-state index < -0.39 is 26.9 Å². The molecule has 2 atom stereocenters. The van der Waals surface area contributed by atoms with Crippen molar-refractivity contribution >= 4 is 25.6 Å². The SMILES string of the molecule is CC(O)P(C(C)O)[Si](C)(c1ccccc1)c1ccccc1. The second kappa shape index (κ2) is 6.84. The lowest BCUT2D eigenvalue weighted by atomic mass is 10.4. The van der Waals surface area contributed by atoms with Gasteiger partial charge in [-0.15, -0.1) is 0 Å². The van der Waals surface area contributed by atoms with E-state index in [1.54, 1.807) is 0 Å². The fourth-order valence-electron chi connectivity index (χ4n) is 3.05. The van der Waals surface area contributed by atoms with Crippen LogP contribution in [0.3, 0.4) is 0 Å². The Kier molecular flexibility index (Phi) is 5.34. The van der Waals surface area contributed by atoms with Gasteiger partial charge in [-0.25, -0.2) is 0 Å². The van der Waals surface area contributed by atoms with Crippen LogP contribution in [-0.4, -0.2) is 29.6 Å². The monoisotopic (exact) mass is 318 g/mol. The van der Waals surface area contributed by atoms with Crippen LogP contribution in [0.2, 0.25) is 6.55 Å². The standard InChI is InChI=1S/C17H23O2PSi/c1-14(18)20(15(2)19)21(3,16-10-6-4-7-11-16)17-12-8-5-9-13-17/h4-15,18-19H,1-3H3. The average molecular weight is 318 g/mol. The summed E-state index contributed by atoms with van der Waals surface area (Å²) in [5, 5.41) is 23.2. The number of hydrogen-bond donors (Lipinski definition) is 2. The highest BCUT2D eigenvalue weighted by atomic mass is 31.4. The molecule has 21 heavy (non-hydrogen) atoms. The second-order valence-corrected chi connectivity index (χ2v) is 15.3. The number of benzene rings is 2. The highest BCUT2D eigenvalue weighted by Crippen LogP contribution is 2.52. The van der Waals surface area contributed by atoms with E-state index in [4.69, 9.17) is 0 Å². The van der Waals surface area contributed by atoms with Gasteiger partial charge in [-0.2, -0.15) is 0 Å². The van der Waals surface area contributed by atoms with Crippen molar-refractivity contribution in [1.29, 1.82) is 0 Å². The molecular weight excluding hydrogens is 295 g/mol. The van der Waals surface area contributed by atoms with Crippen LogP contribution in [0.1, 0.15) is 13.8 Å². The molecule has 0 saturated carbocycles. The molecule has 0 saturated heterocycles. The zero-order chi connectivity index (χ0) is 15.5. The molecule has 0 aromatic heterocycles. The smallest absolute Gasteiger partial charge is 0.146 e. The third-order valence-electron chi connectivity index (χ3n) is 3.99. The van der Waals surface area contributed by atoms with Gasteiger partial charge in [-0.1, -0.05) is 67.2 Å². The number of aliphatic hydroxyl groups is 2. The van der Waals surface area contributed by atoms with Crippen molar-refractivity contribution in [2.45, 2.75) is 32.1 Å². The van der Waals surface area contributed by atoms with Crippen molar-refractivity contribution < 1.29 is 10.2 Å². The first-order valence-corrected chi connectivity index (χ1v) is 12.1. The van der Waals surface area contributed by atoms with Crippen molar-refractivity contribution in [2.75, 3.05) is 0 Å². The maximum absolute atomic E-state index is 10.3. The Balaban J connectivity index is 2.65. The van der Waals surface area contributed by atoms with Gasteiger partial charge in [0.25, 0.3) is 0 Å². The van der Waals surface area contributed by atoms with E-state index in [-0.39, 0.29) is 0 Å². The molecular formula is C17H23O2PSi. The third-order valence-corrected chi connectivity index (χ3v) is 16.4. The van der Waals surface area contributed by atoms with Crippen molar-refractivity contribution in [3.63, 3.8) is 0 Å². The highest BCUT2D eigenvalue weighted by molar-refractivity contribution is 7.99. The predicted octanol–water partition coefficient (Wildman–Crippen LogP) is 2.53. The molecule has 2 unspecified atom stereocenters. The third kappa shape index (κ3) is 3.27. The summed E-state index contributed by atoms with van der Waals surface area (Å²) in [6.45, 7) is 5.90. The van der Waals surface area contributed by atoms with Crippen LogP contribution in [0.15, 0.2) is 60.7 Å². The average Bonchev–Trinajstić information content (AvgIpc) is 2.48. The zero-order valence-electron chi connectivity index (χ0n) is 12.8. The van der Waals surface area contributed by atoms with Gasteiger partial charge in [0.15, 0.2) is 0 Å². The van der Waals surface area contributed by atoms with Gasteiger partial charge in [-0.3, -0.25) is 0 Å². The lowest BCUT2D eigenvalue weighted by molar-refractivity contribution is 0.247. The van der Waals surface area contributed by atoms with Gasteiger partial charge in [0.05, 0.1) is 11.7 Å². The van der Waals surface area contributed by atoms with E-state index in [2.05, 4.69) is 30.8 Å². The largest absolute Gasteiger partial charge is 0.389 e. The fourth-order valence-corrected chi connectivity index (χ4v) is 14.9. The van der Waals surface area contributed by atoms with E-state index >= 15 is 0 Å². The van der Waals surface area contributed by atoms with E-state index in [9.17, 15) is 10.2 Å². The highest BCUT2D eigenvalue weighted by Gasteiger charge is 2.44. The molecule has 0 bridgehead atoms. The Morgan fingerprint density at radius 2 is 1.10 bits per heavy atom. The van der Waals surface area contributed by atoms with Crippen LogP contribution < -0.4 is 10.4 Å². The van der Waals surface area contributed by atoms with Crippen molar-refractivity contribution in [3.8, 4) is 0 Å². The molecule has 4 heteroatoms. The van der Waals surface area contributed by atoms with Crippen LogP contribution in [0.5, 0.6) is 0 Å². The van der Waals surface area contributed by atoms with E-state index in [1.165, 1.54) is 10.4 Å². The lowest BCUT2D eigenvalue weighted by Crippen LogP contribution is -2.56. The van der Waals surface area contributed by atoms with E-state index in [0.717, 1.165) is 0 Å². The number of aliphatic hydroxyl groups excluding tert-OH is 2. The molecule has 2 nitrogen and oxygen atoms in total. The predicted molar refractivity (Wildman–Crippen MR) is 94.1 cm³/mol. The molecule has 2 rings (SSSR count). The quantitative estimate of drug-likeness (QED) is 0.657. The minimum atomic E-state index is -2.19. The minimum absolute atomic E-state index is 0.489. The Hall–Kier alpha value is -0.993. The molecule has 2 aromatic rings. The van der Waals surface area contributed by atoms with Crippen molar-refractivity contribution in [2.24, 2.45) is 0 Å². The van der Waals surface area contributed by atoms with Gasteiger partial charge in [0.1, 0.15) is 7.74 Å². The lowest BCUT2D eigenvalue weighted by Gasteiger charge is -2.40. The summed E-state index contributed by atoms with van der Waals surface area (Å²) >= 11 is 0. The summed E-state index contributed by atoms with van der Waals surface area (Å²) in [5.74, 6) is -0.978. The molecule has 0 aliphatic carbocycles. The van der Waals surface area contributed by atoms with Gasteiger partial charge < -0.3 is 10.2 Å². The maximum Gasteiger partial charge on any atom is 0.146 e. The topological polar surface area (TPSA) is 40.5 Å². The van der Waals surface area contributed by atoms with Crippen molar-refractivity contribution in [3.05, 3.63) is 60.7 Å². The Morgan fingerprint density at radius 1 is 0.762 bits per heavy atom. The molecule has 2 N–H and O–H groups in total. The second-order valence-electron chi connectivity index (χ2n) is 5.48. The summed E-state index contributed by atoms with van der Waals surface area (Å²) in [6.07, 6.45) is 0. The van der Waals surface area contributed by atoms with Gasteiger partial charge >= 0.3 is 0 Å². The van der Waals surface area contributed by atoms with E-state index in [1.807, 2.05) is 50.2 Å². The summed E-state index contributed by atoms with van der Waals surface area (Å²) in [4.78, 5) is 0. The summed E-state index contributed by atoms with van der Waals surface area (Å²) in [7, 11) is -3.12. The van der Waals surface area contributed by atoms with Gasteiger partial charge in [0.2, 0.25) is 0 Å². The minimum Gasteiger partial charge on any atom is -0.389 e. The molecule has 0 spiro atoms. The molecule has 0 aliphatic rings. The molecule has 0 aliphatic heterocycles. The van der Waals surface area contributed by atoms with Crippen LogP contribution in [0, 0.1) is 0 Å². The van der Waals surface area contributed by atoms with Crippen molar-refractivity contribution in [1.82, 2.24) is 0 Å². The summed E-state index contributed by atoms with van der Waals surface area (Å²) in [6, 6.07) is 20.7. The maximum atomic E-state index is 10.3. The Labute approximate surface area is 129 Å². The first-order chi connectivity index (χ1) is 9.98. The Bertz CT molecular complexity index is 510. The first kappa shape index (κ1) is 16.4. The molecule has 2 aromatic carbocycles. The van der Waals surface area contributed by atoms with Gasteiger partial charge in [0, 0.05) is 0 Å². The van der Waals surface area contributed by atoms with E-state index in [0.29, 0.717) is 0 Å². The molecule has 0 radical (unpaired) electrons. The molecule has 112 valence electrons. The van der Waals surface area contributed by atoms with Crippen LogP contribution in [0.4, 0.5) is 0 Å². The zero-order valence-corrected chi connectivity index (χ0v) is 14.7. The molecule has 0 heterocycles. The fraction of sp³-hybridized carbons (Fsp3) is 0.294. The van der Waals surface area contributed by atoms with Crippen LogP contribution in [-0.2, 0) is 0 Å². The number of hydrogen-bond acceptors (Lipinski definition) is 2. The summed E-state index contributed by atoms with van der Waals surface area (Å²) in [5.41, 5.74) is 0. The first-order valence-electron chi connectivity index (χ1n) is 7.23. The number of rotatable bonds is 5. The molecule has 0 amide bonds. The van der Waals surface area contributed by atoms with Crippen LogP contribution >= 0.6 is 7.47 Å². The van der Waals surface area contributed by atoms with Crippen LogP contribution in [0.25, 0.3) is 0 Å².